The van der Waals surface area contributed by atoms with E-state index in [-0.39, 0.29) is 10.8 Å². The molecule has 0 heterocycles. The molecule has 2 aromatic carbocycles. The molecule has 0 aromatic heterocycles. The summed E-state index contributed by atoms with van der Waals surface area (Å²) in [6.07, 6.45) is 5.07. The molecule has 0 aliphatic carbocycles. The number of sulfonamides is 1. The van der Waals surface area contributed by atoms with Crippen molar-refractivity contribution >= 4 is 39.5 Å². The Kier molecular flexibility index (Phi) is 7.65. The third-order valence-corrected chi connectivity index (χ3v) is 6.82. The molecule has 0 saturated heterocycles. The van der Waals surface area contributed by atoms with E-state index < -0.39 is 10.0 Å². The second kappa shape index (κ2) is 9.73. The second-order valence-corrected chi connectivity index (χ2v) is 8.53. The van der Waals surface area contributed by atoms with Crippen LogP contribution in [0.2, 0.25) is 0 Å². The zero-order valence-corrected chi connectivity index (χ0v) is 17.3. The average Bonchev–Trinajstić information content (AvgIpc) is 2.68. The topological polar surface area (TPSA) is 66.5 Å². The van der Waals surface area contributed by atoms with Gasteiger partial charge in [-0.25, -0.2) is 8.42 Å². The highest BCUT2D eigenvalue weighted by molar-refractivity contribution is 7.98. The van der Waals surface area contributed by atoms with Crippen LogP contribution in [-0.2, 0) is 14.8 Å². The van der Waals surface area contributed by atoms with Crippen LogP contribution in [-0.4, -0.2) is 38.0 Å². The Bertz CT molecular complexity index is 886. The van der Waals surface area contributed by atoms with Gasteiger partial charge in [0.2, 0.25) is 15.9 Å². The van der Waals surface area contributed by atoms with Crippen molar-refractivity contribution in [3.8, 4) is 0 Å². The van der Waals surface area contributed by atoms with E-state index in [1.807, 2.05) is 44.4 Å². The summed E-state index contributed by atoms with van der Waals surface area (Å²) in [5, 5.41) is 2.79. The Morgan fingerprint density at radius 2 is 1.63 bits per heavy atom. The number of hydrogen-bond acceptors (Lipinski definition) is 4. The fourth-order valence-electron chi connectivity index (χ4n) is 2.49. The van der Waals surface area contributed by atoms with Crippen LogP contribution in [0.4, 0.5) is 5.69 Å². The van der Waals surface area contributed by atoms with E-state index in [1.165, 1.54) is 10.4 Å². The summed E-state index contributed by atoms with van der Waals surface area (Å²) >= 11 is 1.64. The van der Waals surface area contributed by atoms with Gasteiger partial charge in [-0.1, -0.05) is 26.0 Å². The maximum atomic E-state index is 12.5. The summed E-state index contributed by atoms with van der Waals surface area (Å²) in [5.41, 5.74) is 1.48. The Morgan fingerprint density at radius 1 is 1.04 bits per heavy atom. The Morgan fingerprint density at radius 3 is 2.15 bits per heavy atom. The first-order chi connectivity index (χ1) is 12.9. The molecule has 5 nitrogen and oxygen atoms in total. The number of nitrogens with one attached hydrogen (secondary N) is 1. The van der Waals surface area contributed by atoms with Gasteiger partial charge in [0.1, 0.15) is 0 Å². The van der Waals surface area contributed by atoms with Crippen molar-refractivity contribution in [2.75, 3.05) is 24.7 Å². The molecule has 0 radical (unpaired) electrons. The summed E-state index contributed by atoms with van der Waals surface area (Å²) in [6, 6.07) is 14.1. The maximum absolute atomic E-state index is 12.5. The van der Waals surface area contributed by atoms with Crippen molar-refractivity contribution in [3.05, 3.63) is 60.2 Å². The molecule has 0 unspecified atom stereocenters. The van der Waals surface area contributed by atoms with Crippen molar-refractivity contribution in [2.24, 2.45) is 0 Å². The predicted octanol–water partition coefficient (Wildman–Crippen LogP) is 4.09. The molecule has 2 aromatic rings. The lowest BCUT2D eigenvalue weighted by Gasteiger charge is -2.18. The standard InChI is InChI=1S/C20H24N2O3S2/c1-4-22(5-2)27(24,25)19-13-6-16(7-14-19)8-15-20(23)21-17-9-11-18(26-3)12-10-17/h6-15H,4-5H2,1-3H3,(H,21,23)/b15-8+. The minimum Gasteiger partial charge on any atom is -0.323 e. The van der Waals surface area contributed by atoms with Crippen molar-refractivity contribution in [2.45, 2.75) is 23.6 Å². The monoisotopic (exact) mass is 404 g/mol. The third-order valence-electron chi connectivity index (χ3n) is 4.01. The van der Waals surface area contributed by atoms with Crippen molar-refractivity contribution < 1.29 is 13.2 Å². The third kappa shape index (κ3) is 5.69. The molecular formula is C20H24N2O3S2. The fourth-order valence-corrected chi connectivity index (χ4v) is 4.36. The molecule has 0 aliphatic rings. The summed E-state index contributed by atoms with van der Waals surface area (Å²) in [6.45, 7) is 4.48. The van der Waals surface area contributed by atoms with Crippen LogP contribution in [0, 0.1) is 0 Å². The van der Waals surface area contributed by atoms with Crippen LogP contribution in [0.1, 0.15) is 19.4 Å². The summed E-state index contributed by atoms with van der Waals surface area (Å²) in [5.74, 6) is -0.244. The first-order valence-corrected chi connectivity index (χ1v) is 11.3. The number of rotatable bonds is 8. The van der Waals surface area contributed by atoms with Crippen LogP contribution in [0.15, 0.2) is 64.4 Å². The highest BCUT2D eigenvalue weighted by Gasteiger charge is 2.20. The highest BCUT2D eigenvalue weighted by atomic mass is 32.2. The van der Waals surface area contributed by atoms with Gasteiger partial charge in [-0.2, -0.15) is 4.31 Å². The zero-order chi connectivity index (χ0) is 19.9. The van der Waals surface area contributed by atoms with Gasteiger partial charge in [0.05, 0.1) is 4.90 Å². The van der Waals surface area contributed by atoms with Gasteiger partial charge in [0.25, 0.3) is 0 Å². The van der Waals surface area contributed by atoms with Gasteiger partial charge < -0.3 is 5.32 Å². The minimum absolute atomic E-state index is 0.244. The fraction of sp³-hybridized carbons (Fsp3) is 0.250. The smallest absolute Gasteiger partial charge is 0.248 e. The molecule has 0 atom stereocenters. The normalized spacial score (nSPS) is 11.9. The van der Waals surface area contributed by atoms with Gasteiger partial charge in [-0.3, -0.25) is 4.79 Å². The number of benzene rings is 2. The van der Waals surface area contributed by atoms with E-state index >= 15 is 0 Å². The van der Waals surface area contributed by atoms with Gasteiger partial charge >= 0.3 is 0 Å². The number of amides is 1. The van der Waals surface area contributed by atoms with Crippen molar-refractivity contribution in [1.82, 2.24) is 4.31 Å². The van der Waals surface area contributed by atoms with Crippen LogP contribution in [0.5, 0.6) is 0 Å². The highest BCUT2D eigenvalue weighted by Crippen LogP contribution is 2.18. The summed E-state index contributed by atoms with van der Waals surface area (Å²) < 4.78 is 26.3. The van der Waals surface area contributed by atoms with Crippen molar-refractivity contribution in [3.63, 3.8) is 0 Å². The first kappa shape index (κ1) is 21.2. The molecule has 0 aliphatic heterocycles. The maximum Gasteiger partial charge on any atom is 0.248 e. The van der Waals surface area contributed by atoms with Gasteiger partial charge in [-0.15, -0.1) is 11.8 Å². The number of nitrogens with zero attached hydrogens (tertiary/aromatic N) is 1. The molecule has 144 valence electrons. The van der Waals surface area contributed by atoms with Gasteiger partial charge in [0, 0.05) is 29.7 Å². The van der Waals surface area contributed by atoms with E-state index in [0.717, 1.165) is 16.1 Å². The first-order valence-electron chi connectivity index (χ1n) is 8.64. The van der Waals surface area contributed by atoms with Crippen LogP contribution < -0.4 is 5.32 Å². The SMILES string of the molecule is CCN(CC)S(=O)(=O)c1ccc(/C=C/C(=O)Nc2ccc(SC)cc2)cc1. The molecule has 1 N–H and O–H groups in total. The molecular weight excluding hydrogens is 380 g/mol. The zero-order valence-electron chi connectivity index (χ0n) is 15.7. The molecule has 0 fully saturated rings. The number of hydrogen-bond donors (Lipinski definition) is 1. The lowest BCUT2D eigenvalue weighted by atomic mass is 10.2. The van der Waals surface area contributed by atoms with E-state index in [9.17, 15) is 13.2 Å². The molecule has 0 spiro atoms. The van der Waals surface area contributed by atoms with Gasteiger partial charge in [0.15, 0.2) is 0 Å². The van der Waals surface area contributed by atoms with E-state index in [1.54, 1.807) is 42.1 Å². The minimum atomic E-state index is -3.47. The number of carbonyl (C=O) groups excluding carboxylic acids is 1. The van der Waals surface area contributed by atoms with Crippen molar-refractivity contribution in [1.29, 1.82) is 0 Å². The summed E-state index contributed by atoms with van der Waals surface area (Å²) in [4.78, 5) is 13.4. The van der Waals surface area contributed by atoms with E-state index in [2.05, 4.69) is 5.32 Å². The van der Waals surface area contributed by atoms with Gasteiger partial charge in [-0.05, 0) is 54.3 Å². The van der Waals surface area contributed by atoms with E-state index in [4.69, 9.17) is 0 Å². The lowest BCUT2D eigenvalue weighted by Crippen LogP contribution is -2.30. The number of thioether (sulfide) groups is 1. The summed E-state index contributed by atoms with van der Waals surface area (Å²) in [7, 11) is -3.47. The second-order valence-electron chi connectivity index (χ2n) is 5.71. The van der Waals surface area contributed by atoms with Crippen LogP contribution >= 0.6 is 11.8 Å². The largest absolute Gasteiger partial charge is 0.323 e. The van der Waals surface area contributed by atoms with E-state index in [0.29, 0.717) is 13.1 Å². The molecule has 2 rings (SSSR count). The molecule has 0 saturated carbocycles. The molecule has 27 heavy (non-hydrogen) atoms. The number of carbonyl (C=O) groups is 1. The van der Waals surface area contributed by atoms with Crippen LogP contribution in [0.25, 0.3) is 6.08 Å². The van der Waals surface area contributed by atoms with Crippen LogP contribution in [0.3, 0.4) is 0 Å². The Hall–Kier alpha value is -2.09. The lowest BCUT2D eigenvalue weighted by molar-refractivity contribution is -0.111. The predicted molar refractivity (Wildman–Crippen MR) is 112 cm³/mol. The average molecular weight is 405 g/mol. The quantitative estimate of drug-likeness (QED) is 0.532. The molecule has 0 bridgehead atoms. The molecule has 1 amide bonds. The molecule has 7 heteroatoms. The Balaban J connectivity index is 2.03. The number of anilines is 1. The Labute approximate surface area is 165 Å².